The van der Waals surface area contributed by atoms with Gasteiger partial charge in [0, 0.05) is 15.8 Å². The molecule has 1 aromatic heterocycles. The van der Waals surface area contributed by atoms with Crippen LogP contribution >= 0.6 is 27.7 Å². The van der Waals surface area contributed by atoms with E-state index < -0.39 is 0 Å². The number of nitrogens with zero attached hydrogens (tertiary/aromatic N) is 3. The van der Waals surface area contributed by atoms with Gasteiger partial charge in [-0.25, -0.2) is 9.67 Å². The normalized spacial score (nSPS) is 17.1. The maximum Gasteiger partial charge on any atom is 0.209 e. The molecule has 1 fully saturated rings. The lowest BCUT2D eigenvalue weighted by molar-refractivity contribution is 0.426. The predicted octanol–water partition coefficient (Wildman–Crippen LogP) is 3.38. The lowest BCUT2D eigenvalue weighted by Crippen LogP contribution is -2.00. The highest BCUT2D eigenvalue weighted by atomic mass is 79.9. The van der Waals surface area contributed by atoms with Crippen LogP contribution in [0.5, 0.6) is 0 Å². The van der Waals surface area contributed by atoms with E-state index in [2.05, 4.69) is 32.6 Å². The van der Waals surface area contributed by atoms with Crippen LogP contribution in [0.4, 0.5) is 0 Å². The molecule has 20 heavy (non-hydrogen) atoms. The maximum absolute atomic E-state index is 5.21. The topological polar surface area (TPSA) is 43.2 Å². The molecule has 4 nitrogen and oxygen atoms in total. The van der Waals surface area contributed by atoms with Crippen LogP contribution < -0.4 is 0 Å². The summed E-state index contributed by atoms with van der Waals surface area (Å²) in [5.74, 6) is 1.79. The highest BCUT2D eigenvalue weighted by molar-refractivity contribution is 9.10. The van der Waals surface area contributed by atoms with E-state index in [1.54, 1.807) is 11.8 Å². The summed E-state index contributed by atoms with van der Waals surface area (Å²) in [6.45, 7) is 5.29. The Morgan fingerprint density at radius 3 is 2.85 bits per heavy atom. The standard InChI is InChI=1S/C14H14BrN3OS/c1-2-7-18-13(10-3-5-11(15)6-4-10)16-14(17-18)20-9-12-8-19-12/h2-6,12H,1,7-9H2. The van der Waals surface area contributed by atoms with E-state index in [-0.39, 0.29) is 0 Å². The fraction of sp³-hybridized carbons (Fsp3) is 0.286. The van der Waals surface area contributed by atoms with Gasteiger partial charge in [0.05, 0.1) is 19.3 Å². The minimum Gasteiger partial charge on any atom is -0.372 e. The summed E-state index contributed by atoms with van der Waals surface area (Å²) in [7, 11) is 0. The number of thioether (sulfide) groups is 1. The van der Waals surface area contributed by atoms with Crippen LogP contribution in [0.15, 0.2) is 46.5 Å². The number of ether oxygens (including phenoxy) is 1. The van der Waals surface area contributed by atoms with Gasteiger partial charge in [0.2, 0.25) is 5.16 Å². The number of epoxide rings is 1. The minimum absolute atomic E-state index is 0.377. The Morgan fingerprint density at radius 2 is 2.20 bits per heavy atom. The van der Waals surface area contributed by atoms with Gasteiger partial charge in [0.1, 0.15) is 0 Å². The third-order valence-corrected chi connectivity index (χ3v) is 4.36. The zero-order valence-corrected chi connectivity index (χ0v) is 13.2. The quantitative estimate of drug-likeness (QED) is 0.454. The predicted molar refractivity (Wildman–Crippen MR) is 83.8 cm³/mol. The SMILES string of the molecule is C=CCn1nc(SCC2CO2)nc1-c1ccc(Br)cc1. The van der Waals surface area contributed by atoms with Crippen molar-refractivity contribution in [2.45, 2.75) is 17.8 Å². The van der Waals surface area contributed by atoms with Crippen LogP contribution in [0, 0.1) is 0 Å². The van der Waals surface area contributed by atoms with E-state index in [0.29, 0.717) is 12.6 Å². The summed E-state index contributed by atoms with van der Waals surface area (Å²) < 4.78 is 8.14. The average Bonchev–Trinajstić information content (AvgIpc) is 3.19. The first-order chi connectivity index (χ1) is 9.76. The van der Waals surface area contributed by atoms with Gasteiger partial charge in [0.15, 0.2) is 5.82 Å². The molecule has 0 spiro atoms. The van der Waals surface area contributed by atoms with Crippen LogP contribution in [0.25, 0.3) is 11.4 Å². The molecule has 2 aromatic rings. The number of halogens is 1. The first-order valence-electron chi connectivity index (χ1n) is 6.32. The van der Waals surface area contributed by atoms with E-state index in [4.69, 9.17) is 4.74 Å². The highest BCUT2D eigenvalue weighted by Crippen LogP contribution is 2.26. The van der Waals surface area contributed by atoms with Crippen molar-refractivity contribution in [3.63, 3.8) is 0 Å². The second-order valence-electron chi connectivity index (χ2n) is 4.46. The third-order valence-electron chi connectivity index (χ3n) is 2.86. The summed E-state index contributed by atoms with van der Waals surface area (Å²) in [6, 6.07) is 8.08. The smallest absolute Gasteiger partial charge is 0.209 e. The molecule has 1 atom stereocenters. The molecule has 6 heteroatoms. The number of hydrogen-bond donors (Lipinski definition) is 0. The van der Waals surface area contributed by atoms with Crippen LogP contribution in [0.1, 0.15) is 0 Å². The minimum atomic E-state index is 0.377. The Hall–Kier alpha value is -1.11. The molecule has 1 aliphatic rings. The van der Waals surface area contributed by atoms with Crippen molar-refractivity contribution in [2.24, 2.45) is 0 Å². The molecule has 0 bridgehead atoms. The van der Waals surface area contributed by atoms with Crippen molar-refractivity contribution >= 4 is 27.7 Å². The van der Waals surface area contributed by atoms with Crippen molar-refractivity contribution in [1.29, 1.82) is 0 Å². The van der Waals surface area contributed by atoms with Crippen LogP contribution in [0.2, 0.25) is 0 Å². The van der Waals surface area contributed by atoms with Crippen LogP contribution in [-0.2, 0) is 11.3 Å². The molecule has 3 rings (SSSR count). The van der Waals surface area contributed by atoms with Gasteiger partial charge in [-0.05, 0) is 12.1 Å². The average molecular weight is 352 g/mol. The summed E-state index contributed by atoms with van der Waals surface area (Å²) in [5.41, 5.74) is 1.05. The zero-order valence-electron chi connectivity index (χ0n) is 10.8. The molecule has 1 aromatic carbocycles. The Bertz CT molecular complexity index is 607. The van der Waals surface area contributed by atoms with E-state index in [0.717, 1.165) is 33.4 Å². The van der Waals surface area contributed by atoms with Gasteiger partial charge >= 0.3 is 0 Å². The molecule has 0 aliphatic carbocycles. The van der Waals surface area contributed by atoms with Crippen molar-refractivity contribution in [1.82, 2.24) is 14.8 Å². The summed E-state index contributed by atoms with van der Waals surface area (Å²) in [6.07, 6.45) is 2.21. The Labute approximate surface area is 130 Å². The molecular weight excluding hydrogens is 338 g/mol. The van der Waals surface area contributed by atoms with E-state index in [1.165, 1.54) is 0 Å². The van der Waals surface area contributed by atoms with Gasteiger partial charge in [-0.1, -0.05) is 45.9 Å². The van der Waals surface area contributed by atoms with Gasteiger partial charge in [-0.3, -0.25) is 0 Å². The van der Waals surface area contributed by atoms with Crippen LogP contribution in [0.3, 0.4) is 0 Å². The Kier molecular flexibility index (Phi) is 4.24. The van der Waals surface area contributed by atoms with Gasteiger partial charge in [-0.15, -0.1) is 11.7 Å². The maximum atomic E-state index is 5.21. The number of hydrogen-bond acceptors (Lipinski definition) is 4. The second kappa shape index (κ2) is 6.11. The number of rotatable bonds is 6. The second-order valence-corrected chi connectivity index (χ2v) is 6.36. The molecule has 1 saturated heterocycles. The molecule has 0 N–H and O–H groups in total. The Balaban J connectivity index is 1.86. The molecule has 104 valence electrons. The lowest BCUT2D eigenvalue weighted by Gasteiger charge is -2.02. The van der Waals surface area contributed by atoms with Gasteiger partial charge in [0.25, 0.3) is 0 Å². The number of benzene rings is 1. The Morgan fingerprint density at radius 1 is 1.45 bits per heavy atom. The molecule has 0 amide bonds. The first-order valence-corrected chi connectivity index (χ1v) is 8.10. The molecule has 1 aliphatic heterocycles. The summed E-state index contributed by atoms with van der Waals surface area (Å²) in [4.78, 5) is 4.62. The molecule has 0 saturated carbocycles. The molecule has 0 radical (unpaired) electrons. The summed E-state index contributed by atoms with van der Waals surface area (Å²) >= 11 is 5.08. The monoisotopic (exact) mass is 351 g/mol. The third kappa shape index (κ3) is 3.31. The fourth-order valence-corrected chi connectivity index (χ4v) is 2.88. The molecule has 1 unspecified atom stereocenters. The van der Waals surface area contributed by atoms with Crippen molar-refractivity contribution in [3.05, 3.63) is 41.4 Å². The highest BCUT2D eigenvalue weighted by Gasteiger charge is 2.23. The van der Waals surface area contributed by atoms with Crippen molar-refractivity contribution in [2.75, 3.05) is 12.4 Å². The fourth-order valence-electron chi connectivity index (χ4n) is 1.78. The van der Waals surface area contributed by atoms with Crippen LogP contribution in [-0.4, -0.2) is 33.2 Å². The van der Waals surface area contributed by atoms with E-state index >= 15 is 0 Å². The lowest BCUT2D eigenvalue weighted by atomic mass is 10.2. The number of aromatic nitrogens is 3. The van der Waals surface area contributed by atoms with Gasteiger partial charge in [-0.2, -0.15) is 0 Å². The molecular formula is C14H14BrN3OS. The van der Waals surface area contributed by atoms with E-state index in [9.17, 15) is 0 Å². The van der Waals surface area contributed by atoms with E-state index in [1.807, 2.05) is 35.0 Å². The molecule has 2 heterocycles. The first kappa shape index (κ1) is 13.9. The zero-order chi connectivity index (χ0) is 13.9. The van der Waals surface area contributed by atoms with Crippen molar-refractivity contribution in [3.8, 4) is 11.4 Å². The van der Waals surface area contributed by atoms with Crippen molar-refractivity contribution < 1.29 is 4.74 Å². The summed E-state index contributed by atoms with van der Waals surface area (Å²) in [5, 5.41) is 5.32. The van der Waals surface area contributed by atoms with Gasteiger partial charge < -0.3 is 4.74 Å². The largest absolute Gasteiger partial charge is 0.372 e. The number of allylic oxidation sites excluding steroid dienone is 1.